The van der Waals surface area contributed by atoms with Gasteiger partial charge >= 0.3 is 0 Å². The van der Waals surface area contributed by atoms with E-state index in [1.165, 1.54) is 11.3 Å². The molecule has 7 heteroatoms. The summed E-state index contributed by atoms with van der Waals surface area (Å²) in [5.74, 6) is -0.245. The normalized spacial score (nSPS) is 11.4. The van der Waals surface area contributed by atoms with Crippen LogP contribution in [0.5, 0.6) is 0 Å². The summed E-state index contributed by atoms with van der Waals surface area (Å²) in [6, 6.07) is 9.07. The molecule has 0 aliphatic rings. The van der Waals surface area contributed by atoms with Crippen molar-refractivity contribution in [2.24, 2.45) is 5.73 Å². The van der Waals surface area contributed by atoms with Gasteiger partial charge in [-0.25, -0.2) is 0 Å². The average Bonchev–Trinajstić information content (AvgIpc) is 2.83. The fourth-order valence-corrected chi connectivity index (χ4v) is 1.83. The van der Waals surface area contributed by atoms with Crippen molar-refractivity contribution in [1.82, 2.24) is 10.2 Å². The molecule has 0 saturated heterocycles. The van der Waals surface area contributed by atoms with Gasteiger partial charge in [0.15, 0.2) is 0 Å². The third-order valence-electron chi connectivity index (χ3n) is 2.23. The highest BCUT2D eigenvalue weighted by molar-refractivity contribution is 8.93. The molecule has 96 valence electrons. The standard InChI is InChI=1S/C11H12N4OS.BrH/c12-9(6-8-4-2-1-3-5-8)10(16)14-11-15-13-7-17-11;/h1-5,7,9H,6,12H2,(H,14,15,16);1H/t9-;/m1./s1. The van der Waals surface area contributed by atoms with Gasteiger partial charge in [0, 0.05) is 0 Å². The van der Waals surface area contributed by atoms with E-state index in [1.807, 2.05) is 30.3 Å². The molecule has 0 spiro atoms. The van der Waals surface area contributed by atoms with Crippen LogP contribution in [0.25, 0.3) is 0 Å². The van der Waals surface area contributed by atoms with Crippen LogP contribution in [0.1, 0.15) is 5.56 Å². The van der Waals surface area contributed by atoms with E-state index in [1.54, 1.807) is 5.51 Å². The highest BCUT2D eigenvalue weighted by Gasteiger charge is 2.15. The maximum absolute atomic E-state index is 11.7. The number of aromatic nitrogens is 2. The minimum Gasteiger partial charge on any atom is -0.320 e. The van der Waals surface area contributed by atoms with Gasteiger partial charge in [0.05, 0.1) is 6.04 Å². The Bertz CT molecular complexity index is 477. The number of hydrogen-bond acceptors (Lipinski definition) is 5. The predicted molar refractivity (Wildman–Crippen MR) is 77.0 cm³/mol. The van der Waals surface area contributed by atoms with Gasteiger partial charge in [-0.1, -0.05) is 41.7 Å². The smallest absolute Gasteiger partial charge is 0.243 e. The van der Waals surface area contributed by atoms with Crippen LogP contribution in [-0.4, -0.2) is 22.1 Å². The molecule has 1 heterocycles. The summed E-state index contributed by atoms with van der Waals surface area (Å²) in [5, 5.41) is 10.5. The number of nitrogens with two attached hydrogens (primary N) is 1. The molecule has 2 aromatic rings. The van der Waals surface area contributed by atoms with Gasteiger partial charge < -0.3 is 5.73 Å². The number of amides is 1. The van der Waals surface area contributed by atoms with Crippen molar-refractivity contribution in [1.29, 1.82) is 0 Å². The largest absolute Gasteiger partial charge is 0.320 e. The molecule has 2 rings (SSSR count). The quantitative estimate of drug-likeness (QED) is 0.893. The zero-order valence-electron chi connectivity index (χ0n) is 9.45. The van der Waals surface area contributed by atoms with Gasteiger partial charge in [-0.2, -0.15) is 0 Å². The zero-order valence-corrected chi connectivity index (χ0v) is 12.0. The Morgan fingerprint density at radius 1 is 1.39 bits per heavy atom. The van der Waals surface area contributed by atoms with E-state index in [9.17, 15) is 4.79 Å². The number of carbonyl (C=O) groups excluding carboxylic acids is 1. The lowest BCUT2D eigenvalue weighted by Gasteiger charge is -2.10. The molecule has 3 N–H and O–H groups in total. The van der Waals surface area contributed by atoms with Gasteiger partial charge in [0.25, 0.3) is 0 Å². The number of nitrogens with one attached hydrogen (secondary N) is 1. The monoisotopic (exact) mass is 328 g/mol. The van der Waals surface area contributed by atoms with E-state index in [2.05, 4.69) is 15.5 Å². The Hall–Kier alpha value is -1.31. The molecule has 1 atom stereocenters. The number of anilines is 1. The number of hydrogen-bond donors (Lipinski definition) is 2. The van der Waals surface area contributed by atoms with Gasteiger partial charge in [0.1, 0.15) is 5.51 Å². The van der Waals surface area contributed by atoms with Crippen molar-refractivity contribution in [3.05, 3.63) is 41.4 Å². The van der Waals surface area contributed by atoms with Crippen LogP contribution in [0.4, 0.5) is 5.13 Å². The van der Waals surface area contributed by atoms with Crippen molar-refractivity contribution in [3.63, 3.8) is 0 Å². The highest BCUT2D eigenvalue weighted by Crippen LogP contribution is 2.09. The van der Waals surface area contributed by atoms with E-state index in [-0.39, 0.29) is 22.9 Å². The maximum Gasteiger partial charge on any atom is 0.243 e. The second kappa shape index (κ2) is 7.20. The zero-order chi connectivity index (χ0) is 12.1. The summed E-state index contributed by atoms with van der Waals surface area (Å²) in [7, 11) is 0. The lowest BCUT2D eigenvalue weighted by Crippen LogP contribution is -2.37. The van der Waals surface area contributed by atoms with Crippen LogP contribution in [0.3, 0.4) is 0 Å². The van der Waals surface area contributed by atoms with Crippen molar-refractivity contribution in [3.8, 4) is 0 Å². The molecule has 1 aromatic carbocycles. The van der Waals surface area contributed by atoms with Crippen LogP contribution >= 0.6 is 28.3 Å². The van der Waals surface area contributed by atoms with Gasteiger partial charge in [-0.05, 0) is 12.0 Å². The van der Waals surface area contributed by atoms with E-state index < -0.39 is 6.04 Å². The molecule has 0 bridgehead atoms. The van der Waals surface area contributed by atoms with Crippen LogP contribution in [0.2, 0.25) is 0 Å². The van der Waals surface area contributed by atoms with Gasteiger partial charge in [0.2, 0.25) is 11.0 Å². The molecule has 0 aliphatic heterocycles. The van der Waals surface area contributed by atoms with Crippen LogP contribution in [-0.2, 0) is 11.2 Å². The molecule has 1 aromatic heterocycles. The summed E-state index contributed by atoms with van der Waals surface area (Å²) >= 11 is 1.27. The molecular weight excluding hydrogens is 316 g/mol. The Morgan fingerprint density at radius 2 is 2.11 bits per heavy atom. The molecule has 5 nitrogen and oxygen atoms in total. The lowest BCUT2D eigenvalue weighted by atomic mass is 10.1. The van der Waals surface area contributed by atoms with Crippen LogP contribution in [0, 0.1) is 0 Å². The first-order chi connectivity index (χ1) is 8.25. The second-order valence-electron chi connectivity index (χ2n) is 3.53. The fraction of sp³-hybridized carbons (Fsp3) is 0.182. The van der Waals surface area contributed by atoms with Crippen molar-refractivity contribution in [2.45, 2.75) is 12.5 Å². The first kappa shape index (κ1) is 14.7. The summed E-state index contributed by atoms with van der Waals surface area (Å²) in [4.78, 5) is 11.7. The van der Waals surface area contributed by atoms with E-state index >= 15 is 0 Å². The third-order valence-corrected chi connectivity index (χ3v) is 2.83. The number of carbonyl (C=O) groups is 1. The first-order valence-corrected chi connectivity index (χ1v) is 6.00. The number of halogens is 1. The summed E-state index contributed by atoms with van der Waals surface area (Å²) in [5.41, 5.74) is 8.40. The Kier molecular flexibility index (Phi) is 5.90. The number of benzene rings is 1. The number of rotatable bonds is 4. The minimum absolute atomic E-state index is 0. The SMILES string of the molecule is Br.N[C@H](Cc1ccccc1)C(=O)Nc1nncs1. The summed E-state index contributed by atoms with van der Waals surface area (Å²) in [6.45, 7) is 0. The Morgan fingerprint density at radius 3 is 2.72 bits per heavy atom. The van der Waals surface area contributed by atoms with Crippen LogP contribution in [0.15, 0.2) is 35.8 Å². The van der Waals surface area contributed by atoms with Crippen molar-refractivity contribution in [2.75, 3.05) is 5.32 Å². The van der Waals surface area contributed by atoms with Gasteiger partial charge in [-0.15, -0.1) is 27.2 Å². The highest BCUT2D eigenvalue weighted by atomic mass is 79.9. The minimum atomic E-state index is -0.582. The van der Waals surface area contributed by atoms with E-state index in [4.69, 9.17) is 5.73 Å². The molecule has 1 amide bonds. The molecule has 0 aliphatic carbocycles. The Balaban J connectivity index is 0.00000162. The molecule has 0 saturated carbocycles. The third kappa shape index (κ3) is 4.17. The average molecular weight is 329 g/mol. The first-order valence-electron chi connectivity index (χ1n) is 5.12. The van der Waals surface area contributed by atoms with E-state index in [0.29, 0.717) is 11.6 Å². The van der Waals surface area contributed by atoms with Crippen LogP contribution < -0.4 is 11.1 Å². The molecular formula is C11H13BrN4OS. The van der Waals surface area contributed by atoms with Crippen molar-refractivity contribution >= 4 is 39.4 Å². The van der Waals surface area contributed by atoms with Gasteiger partial charge in [-0.3, -0.25) is 10.1 Å². The maximum atomic E-state index is 11.7. The second-order valence-corrected chi connectivity index (χ2v) is 4.36. The molecule has 18 heavy (non-hydrogen) atoms. The molecule has 0 fully saturated rings. The lowest BCUT2D eigenvalue weighted by molar-refractivity contribution is -0.117. The fourth-order valence-electron chi connectivity index (χ4n) is 1.39. The number of nitrogens with zero attached hydrogens (tertiary/aromatic N) is 2. The summed E-state index contributed by atoms with van der Waals surface area (Å²) in [6.07, 6.45) is 0.505. The predicted octanol–water partition coefficient (Wildman–Crippen LogP) is 1.62. The summed E-state index contributed by atoms with van der Waals surface area (Å²) < 4.78 is 0. The van der Waals surface area contributed by atoms with E-state index in [0.717, 1.165) is 5.56 Å². The van der Waals surface area contributed by atoms with Crippen molar-refractivity contribution < 1.29 is 4.79 Å². The molecule has 0 radical (unpaired) electrons. The Labute approximate surface area is 119 Å². The topological polar surface area (TPSA) is 80.9 Å². The molecule has 0 unspecified atom stereocenters.